The summed E-state index contributed by atoms with van der Waals surface area (Å²) in [5, 5.41) is 15.4. The summed E-state index contributed by atoms with van der Waals surface area (Å²) < 4.78 is 0. The number of rotatable bonds is 4. The first-order chi connectivity index (χ1) is 9.47. The van der Waals surface area contributed by atoms with Crippen molar-refractivity contribution in [2.24, 2.45) is 11.8 Å². The van der Waals surface area contributed by atoms with Crippen LogP contribution in [0.2, 0.25) is 0 Å². The van der Waals surface area contributed by atoms with E-state index in [0.717, 1.165) is 12.8 Å². The summed E-state index contributed by atoms with van der Waals surface area (Å²) >= 11 is 0. The van der Waals surface area contributed by atoms with Gasteiger partial charge in [-0.05, 0) is 31.6 Å². The smallest absolute Gasteiger partial charge is 0.303 e. The Hall–Kier alpha value is -1.92. The summed E-state index contributed by atoms with van der Waals surface area (Å²) in [6.45, 7) is 4.95. The Bertz CT molecular complexity index is 500. The number of aromatic nitrogens is 3. The van der Waals surface area contributed by atoms with Gasteiger partial charge in [-0.15, -0.1) is 5.10 Å². The lowest BCUT2D eigenvalue weighted by atomic mass is 9.84. The number of likely N-dealkylation sites (tertiary alicyclic amines) is 1. The van der Waals surface area contributed by atoms with E-state index in [1.54, 1.807) is 11.8 Å². The van der Waals surface area contributed by atoms with E-state index in [4.69, 9.17) is 5.11 Å². The lowest BCUT2D eigenvalue weighted by Gasteiger charge is -2.34. The summed E-state index contributed by atoms with van der Waals surface area (Å²) in [5.41, 5.74) is 0. The number of H-pyrrole nitrogens is 1. The van der Waals surface area contributed by atoms with E-state index in [-0.39, 0.29) is 30.0 Å². The van der Waals surface area contributed by atoms with Crippen LogP contribution in [0.5, 0.6) is 0 Å². The molecule has 2 atom stereocenters. The van der Waals surface area contributed by atoms with Crippen LogP contribution in [-0.2, 0) is 4.79 Å². The van der Waals surface area contributed by atoms with Crippen LogP contribution in [0.4, 0.5) is 0 Å². The molecule has 0 aromatic carbocycles. The number of carboxylic acids is 1. The molecule has 1 fully saturated rings. The van der Waals surface area contributed by atoms with Gasteiger partial charge in [0.1, 0.15) is 5.82 Å². The number of hydrogen-bond acceptors (Lipinski definition) is 4. The second kappa shape index (κ2) is 6.02. The third-order valence-electron chi connectivity index (χ3n) is 3.83. The Labute approximate surface area is 117 Å². The van der Waals surface area contributed by atoms with Crippen molar-refractivity contribution in [1.82, 2.24) is 20.1 Å². The van der Waals surface area contributed by atoms with Crippen molar-refractivity contribution >= 4 is 11.9 Å². The second-order valence-electron chi connectivity index (χ2n) is 5.47. The molecule has 7 heteroatoms. The number of piperidine rings is 1. The Balaban J connectivity index is 1.99. The number of nitrogens with zero attached hydrogens (tertiary/aromatic N) is 3. The number of hydrogen-bond donors (Lipinski definition) is 2. The molecule has 2 N–H and O–H groups in total. The lowest BCUT2D eigenvalue weighted by molar-refractivity contribution is -0.138. The maximum absolute atomic E-state index is 12.3. The van der Waals surface area contributed by atoms with Gasteiger partial charge < -0.3 is 10.0 Å². The highest BCUT2D eigenvalue weighted by Crippen LogP contribution is 2.26. The van der Waals surface area contributed by atoms with Crippen molar-refractivity contribution in [2.75, 3.05) is 13.1 Å². The molecule has 2 heterocycles. The zero-order valence-electron chi connectivity index (χ0n) is 11.8. The van der Waals surface area contributed by atoms with Gasteiger partial charge in [0.25, 0.3) is 5.91 Å². The minimum atomic E-state index is -0.787. The highest BCUT2D eigenvalue weighted by Gasteiger charge is 2.30. The standard InChI is InChI=1S/C13H20N4O3/c1-8(6-11(18)19)10-4-3-5-17(7-10)13(20)12-14-9(2)15-16-12/h8,10H,3-7H2,1-2H3,(H,18,19)(H,14,15,16). The highest BCUT2D eigenvalue weighted by atomic mass is 16.4. The number of aliphatic carboxylic acids is 1. The number of carbonyl (C=O) groups is 2. The monoisotopic (exact) mass is 280 g/mol. The summed E-state index contributed by atoms with van der Waals surface area (Å²) in [5.74, 6) is 0.128. The van der Waals surface area contributed by atoms with Crippen molar-refractivity contribution in [1.29, 1.82) is 0 Å². The van der Waals surface area contributed by atoms with E-state index in [2.05, 4.69) is 15.2 Å². The van der Waals surface area contributed by atoms with Gasteiger partial charge in [0.05, 0.1) is 0 Å². The molecule has 110 valence electrons. The minimum Gasteiger partial charge on any atom is -0.481 e. The third-order valence-corrected chi connectivity index (χ3v) is 3.83. The minimum absolute atomic E-state index is 0.0666. The zero-order chi connectivity index (χ0) is 14.7. The molecule has 1 saturated heterocycles. The Kier molecular flexibility index (Phi) is 4.36. The molecule has 20 heavy (non-hydrogen) atoms. The van der Waals surface area contributed by atoms with E-state index < -0.39 is 5.97 Å². The normalized spacial score (nSPS) is 20.7. The molecule has 1 aliphatic rings. The van der Waals surface area contributed by atoms with Crippen LogP contribution in [0.1, 0.15) is 42.6 Å². The van der Waals surface area contributed by atoms with E-state index in [9.17, 15) is 9.59 Å². The maximum Gasteiger partial charge on any atom is 0.303 e. The van der Waals surface area contributed by atoms with Gasteiger partial charge in [0, 0.05) is 19.5 Å². The predicted molar refractivity (Wildman–Crippen MR) is 71.2 cm³/mol. The molecule has 2 rings (SSSR count). The number of carbonyl (C=O) groups excluding carboxylic acids is 1. The van der Waals surface area contributed by atoms with E-state index >= 15 is 0 Å². The SMILES string of the molecule is Cc1nc(C(=O)N2CCCC(C(C)CC(=O)O)C2)n[nH]1. The van der Waals surface area contributed by atoms with E-state index in [1.807, 2.05) is 6.92 Å². The van der Waals surface area contributed by atoms with Crippen molar-refractivity contribution in [3.63, 3.8) is 0 Å². The molecule has 0 saturated carbocycles. The topological polar surface area (TPSA) is 99.2 Å². The molecule has 1 aromatic rings. The van der Waals surface area contributed by atoms with Gasteiger partial charge in [-0.1, -0.05) is 6.92 Å². The summed E-state index contributed by atoms with van der Waals surface area (Å²) in [7, 11) is 0. The molecule has 0 spiro atoms. The van der Waals surface area contributed by atoms with Gasteiger partial charge in [-0.3, -0.25) is 14.7 Å². The molecule has 1 amide bonds. The average molecular weight is 280 g/mol. The van der Waals surface area contributed by atoms with Crippen molar-refractivity contribution in [3.05, 3.63) is 11.6 Å². The molecular formula is C13H20N4O3. The number of carboxylic acid groups (broad SMARTS) is 1. The van der Waals surface area contributed by atoms with Gasteiger partial charge in [0.2, 0.25) is 5.82 Å². The van der Waals surface area contributed by atoms with E-state index in [0.29, 0.717) is 18.9 Å². The fourth-order valence-corrected chi connectivity index (χ4v) is 2.68. The molecule has 0 aliphatic carbocycles. The first-order valence-corrected chi connectivity index (χ1v) is 6.87. The van der Waals surface area contributed by atoms with Crippen LogP contribution in [0, 0.1) is 18.8 Å². The molecule has 0 bridgehead atoms. The van der Waals surface area contributed by atoms with Crippen LogP contribution < -0.4 is 0 Å². The zero-order valence-corrected chi connectivity index (χ0v) is 11.8. The fraction of sp³-hybridized carbons (Fsp3) is 0.692. The molecular weight excluding hydrogens is 260 g/mol. The molecule has 7 nitrogen and oxygen atoms in total. The second-order valence-corrected chi connectivity index (χ2v) is 5.47. The quantitative estimate of drug-likeness (QED) is 0.859. The lowest BCUT2D eigenvalue weighted by Crippen LogP contribution is -2.42. The maximum atomic E-state index is 12.3. The molecule has 1 aromatic heterocycles. The number of nitrogens with one attached hydrogen (secondary N) is 1. The van der Waals surface area contributed by atoms with Gasteiger partial charge in [0.15, 0.2) is 0 Å². The van der Waals surface area contributed by atoms with Crippen LogP contribution >= 0.6 is 0 Å². The van der Waals surface area contributed by atoms with E-state index in [1.165, 1.54) is 0 Å². The number of aryl methyl sites for hydroxylation is 1. The molecule has 2 unspecified atom stereocenters. The Morgan fingerprint density at radius 3 is 2.90 bits per heavy atom. The first kappa shape index (κ1) is 14.5. The van der Waals surface area contributed by atoms with Gasteiger partial charge >= 0.3 is 5.97 Å². The van der Waals surface area contributed by atoms with Gasteiger partial charge in [-0.2, -0.15) is 0 Å². The third kappa shape index (κ3) is 3.34. The number of amides is 1. The summed E-state index contributed by atoms with van der Waals surface area (Å²) in [6.07, 6.45) is 2.00. The average Bonchev–Trinajstić information content (AvgIpc) is 2.84. The van der Waals surface area contributed by atoms with Crippen molar-refractivity contribution in [3.8, 4) is 0 Å². The largest absolute Gasteiger partial charge is 0.481 e. The van der Waals surface area contributed by atoms with Crippen molar-refractivity contribution < 1.29 is 14.7 Å². The predicted octanol–water partition coefficient (Wildman–Crippen LogP) is 1.08. The first-order valence-electron chi connectivity index (χ1n) is 6.87. The fourth-order valence-electron chi connectivity index (χ4n) is 2.68. The summed E-state index contributed by atoms with van der Waals surface area (Å²) in [4.78, 5) is 28.8. The Morgan fingerprint density at radius 1 is 1.55 bits per heavy atom. The van der Waals surface area contributed by atoms with Crippen LogP contribution in [-0.4, -0.2) is 50.2 Å². The molecule has 1 aliphatic heterocycles. The Morgan fingerprint density at radius 2 is 2.30 bits per heavy atom. The number of aromatic amines is 1. The molecule has 0 radical (unpaired) electrons. The van der Waals surface area contributed by atoms with Gasteiger partial charge in [-0.25, -0.2) is 4.98 Å². The van der Waals surface area contributed by atoms with Crippen LogP contribution in [0.3, 0.4) is 0 Å². The van der Waals surface area contributed by atoms with Crippen molar-refractivity contribution in [2.45, 2.75) is 33.1 Å². The van der Waals surface area contributed by atoms with Crippen LogP contribution in [0.25, 0.3) is 0 Å². The summed E-state index contributed by atoms with van der Waals surface area (Å²) in [6, 6.07) is 0. The van der Waals surface area contributed by atoms with Crippen LogP contribution in [0.15, 0.2) is 0 Å². The highest BCUT2D eigenvalue weighted by molar-refractivity contribution is 5.90.